The van der Waals surface area contributed by atoms with E-state index < -0.39 is 17.5 Å². The second kappa shape index (κ2) is 7.67. The maximum Gasteiger partial charge on any atom is 0.325 e. The average molecular weight is 382 g/mol. The molecule has 1 aliphatic heterocycles. The van der Waals surface area contributed by atoms with Crippen molar-refractivity contribution < 1.29 is 19.2 Å². The van der Waals surface area contributed by atoms with Gasteiger partial charge in [0.2, 0.25) is 11.8 Å². The van der Waals surface area contributed by atoms with Gasteiger partial charge in [0.05, 0.1) is 6.42 Å². The fourth-order valence-corrected chi connectivity index (χ4v) is 3.10. The van der Waals surface area contributed by atoms with Crippen LogP contribution in [-0.2, 0) is 20.8 Å². The SMILES string of the molecule is CC1(C)NC(=O)N(CCC(=O)NNC(=O)Cc2cccc3ccccc23)C1=O. The molecule has 0 aromatic heterocycles. The Morgan fingerprint density at radius 3 is 2.39 bits per heavy atom. The largest absolute Gasteiger partial charge is 0.325 e. The van der Waals surface area contributed by atoms with E-state index >= 15 is 0 Å². The van der Waals surface area contributed by atoms with Crippen molar-refractivity contribution in [3.8, 4) is 0 Å². The third-order valence-corrected chi connectivity index (χ3v) is 4.58. The summed E-state index contributed by atoms with van der Waals surface area (Å²) in [7, 11) is 0. The van der Waals surface area contributed by atoms with Crippen LogP contribution >= 0.6 is 0 Å². The van der Waals surface area contributed by atoms with Gasteiger partial charge < -0.3 is 5.32 Å². The Balaban J connectivity index is 1.49. The number of nitrogens with one attached hydrogen (secondary N) is 3. The standard InChI is InChI=1S/C20H22N4O4/c1-20(2)18(27)24(19(28)21-20)11-10-16(25)22-23-17(26)12-14-8-5-7-13-6-3-4-9-15(13)14/h3-9H,10-12H2,1-2H3,(H,21,28)(H,22,25)(H,23,26). The topological polar surface area (TPSA) is 108 Å². The fraction of sp³-hybridized carbons (Fsp3) is 0.300. The van der Waals surface area contributed by atoms with Crippen LogP contribution in [-0.4, -0.2) is 40.7 Å². The molecule has 5 amide bonds. The zero-order valence-electron chi connectivity index (χ0n) is 15.7. The number of hydrogen-bond donors (Lipinski definition) is 3. The van der Waals surface area contributed by atoms with Gasteiger partial charge in [0, 0.05) is 13.0 Å². The first kappa shape index (κ1) is 19.3. The fourth-order valence-electron chi connectivity index (χ4n) is 3.10. The molecule has 0 atom stereocenters. The Hall–Kier alpha value is -3.42. The number of hydrogen-bond acceptors (Lipinski definition) is 4. The molecule has 2 aromatic carbocycles. The maximum atomic E-state index is 12.2. The van der Waals surface area contributed by atoms with Crippen molar-refractivity contribution in [2.24, 2.45) is 0 Å². The Labute approximate surface area is 162 Å². The molecule has 1 aliphatic rings. The molecule has 0 spiro atoms. The summed E-state index contributed by atoms with van der Waals surface area (Å²) < 4.78 is 0. The predicted molar refractivity (Wildman–Crippen MR) is 103 cm³/mol. The van der Waals surface area contributed by atoms with Crippen LogP contribution in [0.2, 0.25) is 0 Å². The lowest BCUT2D eigenvalue weighted by molar-refractivity contribution is -0.131. The third kappa shape index (κ3) is 4.11. The van der Waals surface area contributed by atoms with Gasteiger partial charge in [-0.15, -0.1) is 0 Å². The van der Waals surface area contributed by atoms with Crippen molar-refractivity contribution in [3.05, 3.63) is 48.0 Å². The van der Waals surface area contributed by atoms with Crippen molar-refractivity contribution in [1.82, 2.24) is 21.1 Å². The average Bonchev–Trinajstić information content (AvgIpc) is 2.85. The molecule has 0 aliphatic carbocycles. The molecular formula is C20H22N4O4. The van der Waals surface area contributed by atoms with Crippen molar-refractivity contribution in [3.63, 3.8) is 0 Å². The number of carbonyl (C=O) groups excluding carboxylic acids is 4. The molecule has 8 heteroatoms. The van der Waals surface area contributed by atoms with Gasteiger partial charge in [-0.05, 0) is 30.2 Å². The number of carbonyl (C=O) groups is 4. The Bertz CT molecular complexity index is 949. The summed E-state index contributed by atoms with van der Waals surface area (Å²) in [5.41, 5.74) is 4.57. The monoisotopic (exact) mass is 382 g/mol. The minimum absolute atomic E-state index is 0.0564. The Morgan fingerprint density at radius 2 is 1.68 bits per heavy atom. The van der Waals surface area contributed by atoms with Crippen molar-refractivity contribution >= 4 is 34.5 Å². The second-order valence-corrected chi connectivity index (χ2v) is 7.17. The number of nitrogens with zero attached hydrogens (tertiary/aromatic N) is 1. The lowest BCUT2D eigenvalue weighted by Crippen LogP contribution is -2.44. The van der Waals surface area contributed by atoms with E-state index in [1.807, 2.05) is 42.5 Å². The molecule has 0 unspecified atom stereocenters. The summed E-state index contributed by atoms with van der Waals surface area (Å²) in [6.07, 6.45) is 0.00657. The van der Waals surface area contributed by atoms with E-state index in [2.05, 4.69) is 16.2 Å². The molecule has 0 saturated carbocycles. The van der Waals surface area contributed by atoms with Crippen LogP contribution in [0, 0.1) is 0 Å². The number of fused-ring (bicyclic) bond motifs is 1. The smallest absolute Gasteiger partial charge is 0.324 e. The van der Waals surface area contributed by atoms with Crippen molar-refractivity contribution in [2.75, 3.05) is 6.54 Å². The number of benzene rings is 2. The van der Waals surface area contributed by atoms with E-state index in [1.54, 1.807) is 13.8 Å². The number of imide groups is 1. The molecule has 1 heterocycles. The molecule has 8 nitrogen and oxygen atoms in total. The molecular weight excluding hydrogens is 360 g/mol. The summed E-state index contributed by atoms with van der Waals surface area (Å²) in [4.78, 5) is 49.0. The normalized spacial score (nSPS) is 15.4. The van der Waals surface area contributed by atoms with Gasteiger partial charge in [-0.25, -0.2) is 4.79 Å². The van der Waals surface area contributed by atoms with Crippen LogP contribution in [0.1, 0.15) is 25.8 Å². The Morgan fingerprint density at radius 1 is 1.00 bits per heavy atom. The van der Waals surface area contributed by atoms with Crippen LogP contribution in [0.3, 0.4) is 0 Å². The lowest BCUT2D eigenvalue weighted by atomic mass is 10.0. The summed E-state index contributed by atoms with van der Waals surface area (Å²) in [5, 5.41) is 4.56. The van der Waals surface area contributed by atoms with Gasteiger partial charge in [-0.3, -0.25) is 30.1 Å². The van der Waals surface area contributed by atoms with Crippen LogP contribution in [0.25, 0.3) is 10.8 Å². The summed E-state index contributed by atoms with van der Waals surface area (Å²) in [6, 6.07) is 12.9. The number of amides is 5. The first-order valence-corrected chi connectivity index (χ1v) is 8.96. The van der Waals surface area contributed by atoms with Gasteiger partial charge in [0.1, 0.15) is 5.54 Å². The van der Waals surface area contributed by atoms with Gasteiger partial charge in [-0.2, -0.15) is 0 Å². The molecule has 28 heavy (non-hydrogen) atoms. The minimum atomic E-state index is -0.972. The highest BCUT2D eigenvalue weighted by Crippen LogP contribution is 2.19. The third-order valence-electron chi connectivity index (χ3n) is 4.58. The summed E-state index contributed by atoms with van der Waals surface area (Å²) >= 11 is 0. The minimum Gasteiger partial charge on any atom is -0.324 e. The predicted octanol–water partition coefficient (Wildman–Crippen LogP) is 1.25. The van der Waals surface area contributed by atoms with Crippen molar-refractivity contribution in [1.29, 1.82) is 0 Å². The van der Waals surface area contributed by atoms with E-state index in [1.165, 1.54) is 0 Å². The molecule has 146 valence electrons. The van der Waals surface area contributed by atoms with Gasteiger partial charge >= 0.3 is 6.03 Å². The first-order valence-electron chi connectivity index (χ1n) is 8.96. The molecule has 2 aromatic rings. The zero-order chi connectivity index (χ0) is 20.3. The van der Waals surface area contributed by atoms with Gasteiger partial charge in [0.15, 0.2) is 0 Å². The van der Waals surface area contributed by atoms with Crippen LogP contribution in [0.15, 0.2) is 42.5 Å². The number of urea groups is 1. The summed E-state index contributed by atoms with van der Waals surface area (Å²) in [5.74, 6) is -1.23. The Kier molecular flexibility index (Phi) is 5.30. The van der Waals surface area contributed by atoms with Gasteiger partial charge in [0.25, 0.3) is 5.91 Å². The second-order valence-electron chi connectivity index (χ2n) is 7.17. The van der Waals surface area contributed by atoms with E-state index in [9.17, 15) is 19.2 Å². The lowest BCUT2D eigenvalue weighted by Gasteiger charge is -2.15. The highest BCUT2D eigenvalue weighted by molar-refractivity contribution is 6.06. The highest BCUT2D eigenvalue weighted by Gasteiger charge is 2.43. The summed E-state index contributed by atoms with van der Waals surface area (Å²) in [6.45, 7) is 3.14. The molecule has 0 bridgehead atoms. The van der Waals surface area contributed by atoms with Crippen LogP contribution in [0.4, 0.5) is 4.79 Å². The van der Waals surface area contributed by atoms with Crippen molar-refractivity contribution in [2.45, 2.75) is 32.2 Å². The van der Waals surface area contributed by atoms with E-state index in [0.717, 1.165) is 21.2 Å². The highest BCUT2D eigenvalue weighted by atomic mass is 16.2. The zero-order valence-corrected chi connectivity index (χ0v) is 15.7. The molecule has 1 fully saturated rings. The molecule has 3 N–H and O–H groups in total. The van der Waals surface area contributed by atoms with Crippen LogP contribution in [0.5, 0.6) is 0 Å². The number of rotatable bonds is 5. The van der Waals surface area contributed by atoms with Gasteiger partial charge in [-0.1, -0.05) is 42.5 Å². The molecule has 1 saturated heterocycles. The van der Waals surface area contributed by atoms with E-state index in [0.29, 0.717) is 0 Å². The first-order chi connectivity index (χ1) is 13.3. The molecule has 0 radical (unpaired) electrons. The molecule has 3 rings (SSSR count). The van der Waals surface area contributed by atoms with E-state index in [4.69, 9.17) is 0 Å². The number of hydrazine groups is 1. The maximum absolute atomic E-state index is 12.2. The van der Waals surface area contributed by atoms with Crippen LogP contribution < -0.4 is 16.2 Å². The van der Waals surface area contributed by atoms with E-state index in [-0.39, 0.29) is 31.2 Å². The quantitative estimate of drug-likeness (QED) is 0.534.